The highest BCUT2D eigenvalue weighted by Gasteiger charge is 2.18. The highest BCUT2D eigenvalue weighted by molar-refractivity contribution is 5.86. The van der Waals surface area contributed by atoms with Gasteiger partial charge in [-0.25, -0.2) is 0 Å². The molecule has 0 saturated heterocycles. The van der Waals surface area contributed by atoms with Crippen molar-refractivity contribution in [3.05, 3.63) is 0 Å². The lowest BCUT2D eigenvalue weighted by atomic mass is 10.1. The Morgan fingerprint density at radius 2 is 1.29 bits per heavy atom. The minimum Gasteiger partial charge on any atom is -0.389 e. The zero-order chi connectivity index (χ0) is 15.9. The van der Waals surface area contributed by atoms with Crippen molar-refractivity contribution in [3.63, 3.8) is 0 Å². The number of aliphatic imine (C=N–C) groups is 2. The van der Waals surface area contributed by atoms with Gasteiger partial charge in [0.25, 0.3) is 0 Å². The Kier molecular flexibility index (Phi) is 11.1. The normalized spacial score (nSPS) is 26.0. The van der Waals surface area contributed by atoms with Gasteiger partial charge < -0.3 is 20.8 Å². The van der Waals surface area contributed by atoms with Crippen LogP contribution in [0, 0.1) is 11.8 Å². The number of hydrogen-bond acceptors (Lipinski definition) is 8. The van der Waals surface area contributed by atoms with Crippen molar-refractivity contribution in [3.8, 4) is 0 Å². The van der Waals surface area contributed by atoms with Crippen molar-refractivity contribution in [2.75, 3.05) is 39.3 Å². The topological polar surface area (TPSA) is 114 Å². The first-order chi connectivity index (χ1) is 10.6. The number of aliphatic hydroxyl groups excluding tert-OH is 2. The maximum absolute atomic E-state index is 9.38. The zero-order valence-electron chi connectivity index (χ0n) is 14.1. The number of amidine groups is 2. The van der Waals surface area contributed by atoms with E-state index in [1.54, 1.807) is 0 Å². The van der Waals surface area contributed by atoms with Crippen molar-refractivity contribution in [1.29, 1.82) is 0 Å². The molecule has 8 nitrogen and oxygen atoms in total. The van der Waals surface area contributed by atoms with E-state index >= 15 is 0 Å². The lowest BCUT2D eigenvalue weighted by Crippen LogP contribution is -2.42. The quantitative estimate of drug-likeness (QED) is 0.494. The number of nitrogens with zero attached hydrogens (tertiary/aromatic N) is 4. The number of rotatable bonds is 6. The zero-order valence-corrected chi connectivity index (χ0v) is 15.7. The van der Waals surface area contributed by atoms with Crippen LogP contribution < -0.4 is 10.6 Å². The third-order valence-electron chi connectivity index (χ3n) is 3.73. The first-order valence-electron chi connectivity index (χ1n) is 7.82. The third-order valence-corrected chi connectivity index (χ3v) is 3.73. The molecule has 0 bridgehead atoms. The summed E-state index contributed by atoms with van der Waals surface area (Å²) in [6, 6.07) is 0. The minimum absolute atomic E-state index is 0. The van der Waals surface area contributed by atoms with Crippen LogP contribution >= 0.6 is 24.8 Å². The fourth-order valence-corrected chi connectivity index (χ4v) is 2.29. The number of azo groups is 1. The van der Waals surface area contributed by atoms with Crippen molar-refractivity contribution >= 4 is 36.5 Å². The predicted octanol–water partition coefficient (Wildman–Crippen LogP) is 0.280. The molecule has 2 aliphatic heterocycles. The van der Waals surface area contributed by atoms with Crippen LogP contribution in [0.1, 0.15) is 13.8 Å². The second-order valence-electron chi connectivity index (χ2n) is 5.97. The molecule has 24 heavy (non-hydrogen) atoms. The molecular formula is C14H28Cl2N6O2. The third kappa shape index (κ3) is 7.29. The smallest absolute Gasteiger partial charge is 0.101 e. The number of aliphatic hydroxyl groups is 2. The molecule has 2 rings (SSSR count). The molecule has 4 N–H and O–H groups in total. The van der Waals surface area contributed by atoms with E-state index in [0.717, 1.165) is 11.7 Å². The van der Waals surface area contributed by atoms with Crippen molar-refractivity contribution < 1.29 is 10.2 Å². The predicted molar refractivity (Wildman–Crippen MR) is 100 cm³/mol. The average Bonchev–Trinajstić information content (AvgIpc) is 2.52. The van der Waals surface area contributed by atoms with Gasteiger partial charge in [-0.05, 0) is 0 Å². The summed E-state index contributed by atoms with van der Waals surface area (Å²) in [7, 11) is 0. The molecule has 0 saturated carbocycles. The van der Waals surface area contributed by atoms with Crippen molar-refractivity contribution in [2.45, 2.75) is 26.1 Å². The van der Waals surface area contributed by atoms with Crippen LogP contribution in [-0.4, -0.2) is 73.4 Å². The van der Waals surface area contributed by atoms with E-state index in [1.807, 2.05) is 13.8 Å². The largest absolute Gasteiger partial charge is 0.389 e. The molecular weight excluding hydrogens is 355 g/mol. The Labute approximate surface area is 155 Å². The number of halogens is 2. The molecule has 0 amide bonds. The number of nitrogens with one attached hydrogen (secondary N) is 2. The molecule has 140 valence electrons. The summed E-state index contributed by atoms with van der Waals surface area (Å²) in [4.78, 5) is 8.61. The molecule has 0 aromatic heterocycles. The fourth-order valence-electron chi connectivity index (χ4n) is 2.29. The summed E-state index contributed by atoms with van der Waals surface area (Å²) in [5.74, 6) is 2.13. The van der Waals surface area contributed by atoms with Gasteiger partial charge in [-0.3, -0.25) is 9.98 Å². The van der Waals surface area contributed by atoms with Gasteiger partial charge in [0.1, 0.15) is 11.7 Å². The molecule has 0 radical (unpaired) electrons. The van der Waals surface area contributed by atoms with E-state index in [0.29, 0.717) is 39.3 Å². The first-order valence-corrected chi connectivity index (χ1v) is 7.82. The standard InChI is InChI=1S/C14H26N6O2.2ClH/c1-9(13-15-5-11(21)6-16-13)3-19-20-4-10(2)14-17-7-12(22)8-18-14;;/h9-12,21-22H,3-8H2,1-2H3,(H,15,16)(H,17,18);2*1H. The fraction of sp³-hybridized carbons (Fsp3) is 0.857. The van der Waals surface area contributed by atoms with E-state index < -0.39 is 0 Å². The number of β-amino-alcohol motifs (C(OH)–C–C–N with tert-alkyl or cyclic N) is 2. The Morgan fingerprint density at radius 3 is 1.58 bits per heavy atom. The Morgan fingerprint density at radius 1 is 0.917 bits per heavy atom. The second kappa shape index (κ2) is 11.6. The molecule has 2 heterocycles. The van der Waals surface area contributed by atoms with Crippen molar-refractivity contribution in [2.24, 2.45) is 32.0 Å². The molecule has 0 aromatic carbocycles. The summed E-state index contributed by atoms with van der Waals surface area (Å²) in [6.07, 6.45) is -0.776. The summed E-state index contributed by atoms with van der Waals surface area (Å²) in [5, 5.41) is 33.4. The second-order valence-corrected chi connectivity index (χ2v) is 5.97. The van der Waals surface area contributed by atoms with Gasteiger partial charge in [0.2, 0.25) is 0 Å². The van der Waals surface area contributed by atoms with Crippen LogP contribution in [0.25, 0.3) is 0 Å². The summed E-state index contributed by atoms with van der Waals surface area (Å²) >= 11 is 0. The van der Waals surface area contributed by atoms with Gasteiger partial charge in [0.05, 0.1) is 38.4 Å². The summed E-state index contributed by atoms with van der Waals surface area (Å²) in [5.41, 5.74) is 0. The summed E-state index contributed by atoms with van der Waals surface area (Å²) < 4.78 is 0. The van der Waals surface area contributed by atoms with E-state index in [-0.39, 0.29) is 48.9 Å². The van der Waals surface area contributed by atoms with Gasteiger partial charge in [-0.1, -0.05) is 13.8 Å². The van der Waals surface area contributed by atoms with Crippen LogP contribution in [0.15, 0.2) is 20.2 Å². The molecule has 0 aromatic rings. The molecule has 4 atom stereocenters. The highest BCUT2D eigenvalue weighted by atomic mass is 35.5. The van der Waals surface area contributed by atoms with E-state index in [1.165, 1.54) is 0 Å². The van der Waals surface area contributed by atoms with Gasteiger partial charge in [-0.2, -0.15) is 10.2 Å². The molecule has 0 aliphatic carbocycles. The lowest BCUT2D eigenvalue weighted by molar-refractivity contribution is 0.180. The van der Waals surface area contributed by atoms with Crippen LogP contribution in [-0.2, 0) is 0 Å². The Hall–Kier alpha value is -0.960. The molecule has 4 unspecified atom stereocenters. The first kappa shape index (κ1) is 23.0. The highest BCUT2D eigenvalue weighted by Crippen LogP contribution is 2.06. The molecule has 0 spiro atoms. The van der Waals surface area contributed by atoms with Gasteiger partial charge in [-0.15, -0.1) is 24.8 Å². The maximum Gasteiger partial charge on any atom is 0.101 e. The van der Waals surface area contributed by atoms with Crippen LogP contribution in [0.4, 0.5) is 0 Å². The van der Waals surface area contributed by atoms with E-state index in [4.69, 9.17) is 0 Å². The van der Waals surface area contributed by atoms with E-state index in [2.05, 4.69) is 30.8 Å². The minimum atomic E-state index is -0.388. The Balaban J connectivity index is 0.00000264. The lowest BCUT2D eigenvalue weighted by Gasteiger charge is -2.22. The van der Waals surface area contributed by atoms with Crippen LogP contribution in [0.5, 0.6) is 0 Å². The average molecular weight is 383 g/mol. The maximum atomic E-state index is 9.38. The molecule has 2 aliphatic rings. The number of hydrogen-bond donors (Lipinski definition) is 4. The van der Waals surface area contributed by atoms with Crippen LogP contribution in [0.3, 0.4) is 0 Å². The summed E-state index contributed by atoms with van der Waals surface area (Å²) in [6.45, 7) is 7.25. The molecule has 0 fully saturated rings. The van der Waals surface area contributed by atoms with Gasteiger partial charge >= 0.3 is 0 Å². The van der Waals surface area contributed by atoms with Gasteiger partial charge in [0, 0.05) is 24.9 Å². The van der Waals surface area contributed by atoms with Crippen LogP contribution in [0.2, 0.25) is 0 Å². The molecule has 10 heteroatoms. The van der Waals surface area contributed by atoms with Crippen molar-refractivity contribution in [1.82, 2.24) is 10.6 Å². The monoisotopic (exact) mass is 382 g/mol. The Bertz CT molecular complexity index is 421. The van der Waals surface area contributed by atoms with Gasteiger partial charge in [0.15, 0.2) is 0 Å². The SMILES string of the molecule is CC(CN=NCC(C)C1=NCC(O)CN1)C1=NCC(O)CN1.Cl.Cl. The van der Waals surface area contributed by atoms with E-state index in [9.17, 15) is 10.2 Å².